The highest BCUT2D eigenvalue weighted by Crippen LogP contribution is 2.29. The highest BCUT2D eigenvalue weighted by atomic mass is 16.3. The normalized spacial score (nSPS) is 21.7. The number of aromatic amines is 2. The van der Waals surface area contributed by atoms with E-state index in [0.717, 1.165) is 59.3 Å². The largest absolute Gasteiger partial charge is 0.396 e. The summed E-state index contributed by atoms with van der Waals surface area (Å²) in [4.78, 5) is 29.6. The topological polar surface area (TPSA) is 86.0 Å². The Morgan fingerprint density at radius 3 is 1.81 bits per heavy atom. The van der Waals surface area contributed by atoms with Crippen molar-refractivity contribution in [1.29, 1.82) is 0 Å². The molecule has 0 bridgehead atoms. The molecule has 26 heavy (non-hydrogen) atoms. The summed E-state index contributed by atoms with van der Waals surface area (Å²) in [7, 11) is 0. The molecule has 2 atom stereocenters. The van der Waals surface area contributed by atoms with Gasteiger partial charge in [0.25, 0.3) is 0 Å². The van der Waals surface area contributed by atoms with E-state index in [2.05, 4.69) is 16.9 Å². The second-order valence-electron chi connectivity index (χ2n) is 7.64. The second-order valence-corrected chi connectivity index (χ2v) is 7.64. The molecule has 0 radical (unpaired) electrons. The van der Waals surface area contributed by atoms with Gasteiger partial charge in [-0.3, -0.25) is 9.59 Å². The summed E-state index contributed by atoms with van der Waals surface area (Å²) in [5.41, 5.74) is 6.09. The summed E-state index contributed by atoms with van der Waals surface area (Å²) in [5.74, 6) is 1.15. The van der Waals surface area contributed by atoms with Gasteiger partial charge in [-0.2, -0.15) is 0 Å². The molecule has 0 saturated carbocycles. The van der Waals surface area contributed by atoms with Gasteiger partial charge in [-0.15, -0.1) is 0 Å². The minimum absolute atomic E-state index is 0.100. The van der Waals surface area contributed by atoms with E-state index in [1.807, 2.05) is 26.2 Å². The molecule has 5 heteroatoms. The molecule has 3 N–H and O–H groups in total. The summed E-state index contributed by atoms with van der Waals surface area (Å²) in [6.45, 7) is 6.19. The van der Waals surface area contributed by atoms with Crippen LogP contribution < -0.4 is 0 Å². The molecule has 0 aliphatic heterocycles. The number of aliphatic hydroxyl groups excluding tert-OH is 1. The summed E-state index contributed by atoms with van der Waals surface area (Å²) >= 11 is 0. The molecule has 2 aromatic heterocycles. The van der Waals surface area contributed by atoms with Crippen molar-refractivity contribution in [2.24, 2.45) is 11.8 Å². The number of hydrogen-bond acceptors (Lipinski definition) is 3. The lowest BCUT2D eigenvalue weighted by molar-refractivity contribution is 0.0916. The lowest BCUT2D eigenvalue weighted by atomic mass is 9.84. The van der Waals surface area contributed by atoms with Crippen LogP contribution in [-0.2, 0) is 12.8 Å². The molecule has 5 nitrogen and oxygen atoms in total. The molecule has 0 fully saturated rings. The van der Waals surface area contributed by atoms with Crippen LogP contribution >= 0.6 is 0 Å². The molecule has 2 unspecified atom stereocenters. The summed E-state index contributed by atoms with van der Waals surface area (Å²) in [5, 5.41) is 8.98. The smallest absolute Gasteiger partial charge is 0.165 e. The van der Waals surface area contributed by atoms with E-state index in [9.17, 15) is 9.59 Å². The van der Waals surface area contributed by atoms with Gasteiger partial charge >= 0.3 is 0 Å². The van der Waals surface area contributed by atoms with E-state index in [4.69, 9.17) is 5.11 Å². The number of aryl methyl sites for hydroxylation is 2. The quantitative estimate of drug-likeness (QED) is 0.769. The van der Waals surface area contributed by atoms with E-state index in [1.165, 1.54) is 0 Å². The molecular weight excluding hydrogens is 328 g/mol. The monoisotopic (exact) mass is 356 g/mol. The van der Waals surface area contributed by atoms with E-state index in [0.29, 0.717) is 18.1 Å². The Morgan fingerprint density at radius 1 is 0.885 bits per heavy atom. The van der Waals surface area contributed by atoms with Crippen LogP contribution in [0.4, 0.5) is 0 Å². The maximum Gasteiger partial charge on any atom is 0.165 e. The van der Waals surface area contributed by atoms with Gasteiger partial charge in [0, 0.05) is 54.4 Å². The third-order valence-corrected chi connectivity index (χ3v) is 5.65. The molecule has 0 saturated heterocycles. The van der Waals surface area contributed by atoms with Crippen molar-refractivity contribution in [3.63, 3.8) is 0 Å². The van der Waals surface area contributed by atoms with Gasteiger partial charge in [0.15, 0.2) is 11.6 Å². The fraction of sp³-hybridized carbons (Fsp3) is 0.524. The van der Waals surface area contributed by atoms with Gasteiger partial charge in [-0.05, 0) is 49.7 Å². The first-order chi connectivity index (χ1) is 12.4. The lowest BCUT2D eigenvalue weighted by Crippen LogP contribution is -2.22. The molecule has 0 aromatic carbocycles. The molecule has 2 heterocycles. The Balaban J connectivity index is 0.000000151. The fourth-order valence-corrected chi connectivity index (χ4v) is 4.12. The number of hydrogen-bond donors (Lipinski definition) is 3. The Kier molecular flexibility index (Phi) is 5.47. The maximum atomic E-state index is 11.7. The molecule has 0 amide bonds. The van der Waals surface area contributed by atoms with E-state index < -0.39 is 0 Å². The van der Waals surface area contributed by atoms with Crippen molar-refractivity contribution < 1.29 is 14.7 Å². The summed E-state index contributed by atoms with van der Waals surface area (Å²) in [6, 6.07) is 0. The van der Waals surface area contributed by atoms with Crippen molar-refractivity contribution in [3.8, 4) is 0 Å². The fourth-order valence-electron chi connectivity index (χ4n) is 4.12. The van der Waals surface area contributed by atoms with Gasteiger partial charge in [-0.25, -0.2) is 0 Å². The van der Waals surface area contributed by atoms with Gasteiger partial charge in [0.2, 0.25) is 0 Å². The maximum absolute atomic E-state index is 11.7. The number of fused-ring (bicyclic) bond motifs is 2. The third-order valence-electron chi connectivity index (χ3n) is 5.65. The Hall–Kier alpha value is -2.14. The number of rotatable bonds is 2. The van der Waals surface area contributed by atoms with Crippen LogP contribution in [0.15, 0.2) is 12.4 Å². The number of ketones is 2. The predicted octanol–water partition coefficient (Wildman–Crippen LogP) is 3.54. The molecule has 2 aromatic rings. The van der Waals surface area contributed by atoms with Crippen molar-refractivity contribution in [2.45, 2.75) is 52.9 Å². The molecule has 2 aliphatic rings. The van der Waals surface area contributed by atoms with Gasteiger partial charge in [-0.1, -0.05) is 13.3 Å². The first kappa shape index (κ1) is 18.6. The number of aliphatic hydroxyl groups is 1. The Morgan fingerprint density at radius 2 is 1.35 bits per heavy atom. The first-order valence-corrected chi connectivity index (χ1v) is 9.45. The molecule has 4 rings (SSSR count). The number of Topliss-reactive ketones (excluding diaryl/α,β-unsaturated/α-hetero) is 2. The van der Waals surface area contributed by atoms with Crippen LogP contribution in [0.5, 0.6) is 0 Å². The van der Waals surface area contributed by atoms with Crippen LogP contribution in [0.2, 0.25) is 0 Å². The average Bonchev–Trinajstić information content (AvgIpc) is 3.19. The highest BCUT2D eigenvalue weighted by Gasteiger charge is 2.27. The zero-order chi connectivity index (χ0) is 18.8. The molecule has 2 aliphatic carbocycles. The average molecular weight is 356 g/mol. The number of aromatic nitrogens is 2. The van der Waals surface area contributed by atoms with E-state index >= 15 is 0 Å². The van der Waals surface area contributed by atoms with Crippen LogP contribution in [-0.4, -0.2) is 33.2 Å². The predicted molar refractivity (Wildman–Crippen MR) is 101 cm³/mol. The van der Waals surface area contributed by atoms with Gasteiger partial charge in [0.05, 0.1) is 0 Å². The molecular formula is C21H28N2O3. The summed E-state index contributed by atoms with van der Waals surface area (Å²) < 4.78 is 0. The molecule has 140 valence electrons. The van der Waals surface area contributed by atoms with Gasteiger partial charge in [0.1, 0.15) is 0 Å². The minimum atomic E-state index is 0.100. The zero-order valence-electron chi connectivity index (χ0n) is 15.8. The number of nitrogens with one attached hydrogen (secondary N) is 2. The molecule has 0 spiro atoms. The number of carbonyl (C=O) groups is 2. The van der Waals surface area contributed by atoms with Crippen LogP contribution in [0.3, 0.4) is 0 Å². The number of carbonyl (C=O) groups excluding carboxylic acids is 2. The summed E-state index contributed by atoms with van der Waals surface area (Å²) in [6.07, 6.45) is 7.98. The van der Waals surface area contributed by atoms with E-state index in [1.54, 1.807) is 0 Å². The van der Waals surface area contributed by atoms with Crippen LogP contribution in [0.1, 0.15) is 69.4 Å². The van der Waals surface area contributed by atoms with Crippen LogP contribution in [0, 0.1) is 25.7 Å². The van der Waals surface area contributed by atoms with Gasteiger partial charge < -0.3 is 15.1 Å². The van der Waals surface area contributed by atoms with Crippen molar-refractivity contribution in [1.82, 2.24) is 9.97 Å². The van der Waals surface area contributed by atoms with Crippen molar-refractivity contribution in [3.05, 3.63) is 46.0 Å². The van der Waals surface area contributed by atoms with E-state index in [-0.39, 0.29) is 18.3 Å². The van der Waals surface area contributed by atoms with Crippen molar-refractivity contribution >= 4 is 11.6 Å². The highest BCUT2D eigenvalue weighted by molar-refractivity contribution is 6.00. The minimum Gasteiger partial charge on any atom is -0.396 e. The first-order valence-electron chi connectivity index (χ1n) is 9.45. The van der Waals surface area contributed by atoms with Crippen molar-refractivity contribution in [2.75, 3.05) is 6.61 Å². The standard InChI is InChI=1S/C11H15NO.C10H13NO2/c1-3-8-4-9-11(10(13)5-8)7(2)6-12-9;1-6-4-11-8-2-7(5-12)3-9(13)10(6)8/h6,8,12H,3-5H2,1-2H3;4,7,11-12H,2-3,5H2,1H3. The Labute approximate surface area is 154 Å². The Bertz CT molecular complexity index is 747. The third kappa shape index (κ3) is 3.54. The lowest BCUT2D eigenvalue weighted by Gasteiger charge is -2.19. The second kappa shape index (κ2) is 7.62. The zero-order valence-corrected chi connectivity index (χ0v) is 15.8. The SMILES string of the molecule is CCC1CC(=O)c2c(C)c[nH]c2C1.Cc1c[nH]c2c1C(=O)CC(CO)C2. The van der Waals surface area contributed by atoms with Crippen LogP contribution in [0.25, 0.3) is 0 Å². The number of H-pyrrole nitrogens is 2.